The minimum atomic E-state index is -3.91. The molecule has 6 heteroatoms. The van der Waals surface area contributed by atoms with Crippen molar-refractivity contribution < 1.29 is 13.2 Å². The van der Waals surface area contributed by atoms with E-state index in [1.807, 2.05) is 51.1 Å². The van der Waals surface area contributed by atoms with Gasteiger partial charge in [-0.15, -0.1) is 0 Å². The predicted molar refractivity (Wildman–Crippen MR) is 121 cm³/mol. The van der Waals surface area contributed by atoms with Crippen LogP contribution in [0, 0.1) is 13.8 Å². The van der Waals surface area contributed by atoms with Gasteiger partial charge in [0, 0.05) is 5.69 Å². The van der Waals surface area contributed by atoms with Crippen LogP contribution in [-0.4, -0.2) is 20.9 Å². The molecule has 156 valence electrons. The standard InChI is InChI=1S/C24H26N2O3S/c1-4-20-12-14-21(15-13-20)26(30(28,29)22-8-6-5-7-9-22)17-24(27)25-23-16-18(2)10-11-19(23)3/h5-16H,4,17H2,1-3H3,(H,25,27). The molecule has 3 aromatic rings. The predicted octanol–water partition coefficient (Wildman–Crippen LogP) is 4.70. The first-order valence-electron chi connectivity index (χ1n) is 9.85. The number of aryl methyl sites for hydroxylation is 3. The van der Waals surface area contributed by atoms with Gasteiger partial charge in [-0.2, -0.15) is 0 Å². The van der Waals surface area contributed by atoms with Crippen LogP contribution < -0.4 is 9.62 Å². The lowest BCUT2D eigenvalue weighted by atomic mass is 10.1. The smallest absolute Gasteiger partial charge is 0.264 e. The molecule has 0 atom stereocenters. The zero-order chi connectivity index (χ0) is 21.7. The number of nitrogens with zero attached hydrogens (tertiary/aromatic N) is 1. The van der Waals surface area contributed by atoms with E-state index in [2.05, 4.69) is 5.32 Å². The van der Waals surface area contributed by atoms with Gasteiger partial charge in [-0.25, -0.2) is 8.42 Å². The summed E-state index contributed by atoms with van der Waals surface area (Å²) in [7, 11) is -3.91. The number of anilines is 2. The molecule has 0 unspecified atom stereocenters. The maximum absolute atomic E-state index is 13.3. The molecule has 30 heavy (non-hydrogen) atoms. The minimum absolute atomic E-state index is 0.143. The van der Waals surface area contributed by atoms with E-state index in [0.717, 1.165) is 27.4 Å². The summed E-state index contributed by atoms with van der Waals surface area (Å²) < 4.78 is 27.8. The third kappa shape index (κ3) is 4.89. The van der Waals surface area contributed by atoms with E-state index in [9.17, 15) is 13.2 Å². The first-order valence-corrected chi connectivity index (χ1v) is 11.3. The van der Waals surface area contributed by atoms with E-state index >= 15 is 0 Å². The maximum Gasteiger partial charge on any atom is 0.264 e. The summed E-state index contributed by atoms with van der Waals surface area (Å²) in [5.74, 6) is -0.400. The Kier molecular flexibility index (Phi) is 6.57. The van der Waals surface area contributed by atoms with Crippen LogP contribution in [0.2, 0.25) is 0 Å². The van der Waals surface area contributed by atoms with Crippen molar-refractivity contribution in [3.05, 3.63) is 89.5 Å². The highest BCUT2D eigenvalue weighted by Crippen LogP contribution is 2.25. The summed E-state index contributed by atoms with van der Waals surface area (Å²) in [5.41, 5.74) is 4.15. The Morgan fingerprint density at radius 1 is 0.933 bits per heavy atom. The summed E-state index contributed by atoms with van der Waals surface area (Å²) in [5, 5.41) is 2.85. The number of benzene rings is 3. The normalized spacial score (nSPS) is 11.2. The number of carbonyl (C=O) groups excluding carboxylic acids is 1. The Bertz CT molecular complexity index is 1120. The van der Waals surface area contributed by atoms with Crippen LogP contribution in [0.5, 0.6) is 0 Å². The summed E-state index contributed by atoms with van der Waals surface area (Å²) in [6, 6.07) is 21.2. The zero-order valence-electron chi connectivity index (χ0n) is 17.4. The van der Waals surface area contributed by atoms with E-state index in [1.54, 1.807) is 30.3 Å². The molecule has 0 aliphatic carbocycles. The van der Waals surface area contributed by atoms with Gasteiger partial charge in [0.15, 0.2) is 0 Å². The van der Waals surface area contributed by atoms with E-state index in [4.69, 9.17) is 0 Å². The highest BCUT2D eigenvalue weighted by Gasteiger charge is 2.27. The summed E-state index contributed by atoms with van der Waals surface area (Å²) in [6.07, 6.45) is 0.846. The number of sulfonamides is 1. The van der Waals surface area contributed by atoms with E-state index < -0.39 is 15.9 Å². The number of carbonyl (C=O) groups is 1. The zero-order valence-corrected chi connectivity index (χ0v) is 18.2. The van der Waals surface area contributed by atoms with E-state index in [-0.39, 0.29) is 11.4 Å². The molecule has 5 nitrogen and oxygen atoms in total. The molecular weight excluding hydrogens is 396 g/mol. The largest absolute Gasteiger partial charge is 0.324 e. The van der Waals surface area contributed by atoms with Gasteiger partial charge >= 0.3 is 0 Å². The molecule has 0 bridgehead atoms. The first-order chi connectivity index (χ1) is 14.3. The molecule has 0 spiro atoms. The molecular formula is C24H26N2O3S. The number of nitrogens with one attached hydrogen (secondary N) is 1. The topological polar surface area (TPSA) is 66.5 Å². The molecule has 0 aromatic heterocycles. The van der Waals surface area contributed by atoms with Gasteiger partial charge < -0.3 is 5.32 Å². The minimum Gasteiger partial charge on any atom is -0.324 e. The fraction of sp³-hybridized carbons (Fsp3) is 0.208. The number of hydrogen-bond donors (Lipinski definition) is 1. The van der Waals surface area contributed by atoms with E-state index in [1.165, 1.54) is 12.1 Å². The Balaban J connectivity index is 1.94. The highest BCUT2D eigenvalue weighted by molar-refractivity contribution is 7.92. The SMILES string of the molecule is CCc1ccc(N(CC(=O)Nc2cc(C)ccc2C)S(=O)(=O)c2ccccc2)cc1. The average Bonchev–Trinajstić information content (AvgIpc) is 2.75. The Morgan fingerprint density at radius 3 is 2.23 bits per heavy atom. The second kappa shape index (κ2) is 9.13. The molecule has 0 saturated heterocycles. The summed E-state index contributed by atoms with van der Waals surface area (Å²) in [4.78, 5) is 13.0. The molecule has 0 aliphatic rings. The first kappa shape index (κ1) is 21.6. The van der Waals surface area contributed by atoms with E-state index in [0.29, 0.717) is 11.4 Å². The molecule has 0 heterocycles. The Morgan fingerprint density at radius 2 is 1.60 bits per heavy atom. The van der Waals surface area contributed by atoms with Crippen LogP contribution in [0.3, 0.4) is 0 Å². The van der Waals surface area contributed by atoms with Gasteiger partial charge in [-0.05, 0) is 67.3 Å². The molecule has 0 aliphatic heterocycles. The molecule has 1 amide bonds. The van der Waals surface area contributed by atoms with Gasteiger partial charge in [0.1, 0.15) is 6.54 Å². The third-order valence-corrected chi connectivity index (χ3v) is 6.71. The van der Waals surface area contributed by atoms with Crippen molar-refractivity contribution in [1.82, 2.24) is 0 Å². The van der Waals surface area contributed by atoms with Gasteiger partial charge in [0.05, 0.1) is 10.6 Å². The van der Waals surface area contributed by atoms with Crippen molar-refractivity contribution in [3.63, 3.8) is 0 Å². The lowest BCUT2D eigenvalue weighted by Gasteiger charge is -2.24. The lowest BCUT2D eigenvalue weighted by Crippen LogP contribution is -2.38. The quantitative estimate of drug-likeness (QED) is 0.600. The number of hydrogen-bond acceptors (Lipinski definition) is 3. The van der Waals surface area contributed by atoms with Crippen molar-refractivity contribution in [2.45, 2.75) is 32.1 Å². The number of rotatable bonds is 7. The van der Waals surface area contributed by atoms with Gasteiger partial charge in [0.2, 0.25) is 5.91 Å². The second-order valence-electron chi connectivity index (χ2n) is 7.21. The third-order valence-electron chi connectivity index (χ3n) is 4.92. The average molecular weight is 423 g/mol. The van der Waals surface area contributed by atoms with Gasteiger partial charge in [-0.1, -0.05) is 49.4 Å². The van der Waals surface area contributed by atoms with Gasteiger partial charge in [-0.3, -0.25) is 9.10 Å². The van der Waals surface area contributed by atoms with Crippen LogP contribution in [0.25, 0.3) is 0 Å². The second-order valence-corrected chi connectivity index (χ2v) is 9.07. The molecule has 3 aromatic carbocycles. The molecule has 0 saturated carbocycles. The van der Waals surface area contributed by atoms with Crippen molar-refractivity contribution in [2.75, 3.05) is 16.2 Å². The fourth-order valence-corrected chi connectivity index (χ4v) is 4.57. The monoisotopic (exact) mass is 422 g/mol. The van der Waals surface area contributed by atoms with Crippen molar-refractivity contribution in [2.24, 2.45) is 0 Å². The maximum atomic E-state index is 13.3. The van der Waals surface area contributed by atoms with Crippen LogP contribution >= 0.6 is 0 Å². The highest BCUT2D eigenvalue weighted by atomic mass is 32.2. The van der Waals surface area contributed by atoms with Crippen molar-refractivity contribution in [3.8, 4) is 0 Å². The summed E-state index contributed by atoms with van der Waals surface area (Å²) >= 11 is 0. The molecule has 1 N–H and O–H groups in total. The van der Waals surface area contributed by atoms with Crippen molar-refractivity contribution in [1.29, 1.82) is 0 Å². The lowest BCUT2D eigenvalue weighted by molar-refractivity contribution is -0.114. The number of amides is 1. The van der Waals surface area contributed by atoms with Crippen LogP contribution in [-0.2, 0) is 21.2 Å². The molecule has 3 rings (SSSR count). The van der Waals surface area contributed by atoms with Gasteiger partial charge in [0.25, 0.3) is 10.0 Å². The van der Waals surface area contributed by atoms with Crippen molar-refractivity contribution >= 4 is 27.3 Å². The van der Waals surface area contributed by atoms with Crippen LogP contribution in [0.15, 0.2) is 77.7 Å². The Hall–Kier alpha value is -3.12. The fourth-order valence-electron chi connectivity index (χ4n) is 3.12. The van der Waals surface area contributed by atoms with Crippen LogP contribution in [0.4, 0.5) is 11.4 Å². The summed E-state index contributed by atoms with van der Waals surface area (Å²) in [6.45, 7) is 5.55. The van der Waals surface area contributed by atoms with Crippen LogP contribution in [0.1, 0.15) is 23.6 Å². The molecule has 0 fully saturated rings. The molecule has 0 radical (unpaired) electrons. The Labute approximate surface area is 178 Å².